The second-order valence-electron chi connectivity index (χ2n) is 3.60. The van der Waals surface area contributed by atoms with Crippen molar-refractivity contribution in [1.82, 2.24) is 9.55 Å². The first-order valence-electron chi connectivity index (χ1n) is 4.94. The molecule has 3 heteroatoms. The molecule has 0 spiro atoms. The summed E-state index contributed by atoms with van der Waals surface area (Å²) in [5, 5.41) is 0. The number of rotatable bonds is 4. The Kier molecular flexibility index (Phi) is 3.48. The van der Waals surface area contributed by atoms with Crippen LogP contribution in [0.1, 0.15) is 39.1 Å². The molecule has 0 bridgehead atoms. The third kappa shape index (κ3) is 2.31. The van der Waals surface area contributed by atoms with Gasteiger partial charge in [-0.1, -0.05) is 6.92 Å². The van der Waals surface area contributed by atoms with Gasteiger partial charge in [-0.25, -0.2) is 4.98 Å². The summed E-state index contributed by atoms with van der Waals surface area (Å²) in [6, 6.07) is 0.508. The molecular weight excluding hydrogens is 162 g/mol. The Bertz CT molecular complexity index is 252. The van der Waals surface area contributed by atoms with Crippen LogP contribution in [0.5, 0.6) is 0 Å². The molecule has 0 saturated heterocycles. The van der Waals surface area contributed by atoms with Crippen molar-refractivity contribution in [2.45, 2.75) is 45.7 Å². The maximum absolute atomic E-state index is 5.84. The third-order valence-corrected chi connectivity index (χ3v) is 2.42. The Labute approximate surface area is 80.0 Å². The molecule has 2 N–H and O–H groups in total. The minimum Gasteiger partial charge on any atom is -0.331 e. The maximum Gasteiger partial charge on any atom is 0.108 e. The standard InChI is InChI=1S/C10H19N3/c1-4-5-10-12-6-7-13(10)9(3)8(2)11/h6-9H,4-5,11H2,1-3H3. The first-order chi connectivity index (χ1) is 6.16. The Hall–Kier alpha value is -0.830. The number of imidazole rings is 1. The maximum atomic E-state index is 5.84. The molecule has 13 heavy (non-hydrogen) atoms. The normalized spacial score (nSPS) is 15.7. The number of hydrogen-bond acceptors (Lipinski definition) is 2. The Morgan fingerprint density at radius 2 is 2.23 bits per heavy atom. The summed E-state index contributed by atoms with van der Waals surface area (Å²) in [5.41, 5.74) is 5.84. The lowest BCUT2D eigenvalue weighted by Crippen LogP contribution is -2.27. The molecule has 0 aliphatic heterocycles. The molecule has 1 rings (SSSR count). The van der Waals surface area contributed by atoms with E-state index in [4.69, 9.17) is 5.73 Å². The van der Waals surface area contributed by atoms with Crippen LogP contribution in [0.25, 0.3) is 0 Å². The van der Waals surface area contributed by atoms with Gasteiger partial charge in [0.05, 0.1) is 0 Å². The number of aryl methyl sites for hydroxylation is 1. The zero-order valence-electron chi connectivity index (χ0n) is 8.70. The van der Waals surface area contributed by atoms with Gasteiger partial charge < -0.3 is 10.3 Å². The molecule has 0 aromatic carbocycles. The van der Waals surface area contributed by atoms with E-state index in [0.29, 0.717) is 6.04 Å². The van der Waals surface area contributed by atoms with E-state index >= 15 is 0 Å². The van der Waals surface area contributed by atoms with Gasteiger partial charge in [-0.3, -0.25) is 0 Å². The topological polar surface area (TPSA) is 43.8 Å². The van der Waals surface area contributed by atoms with E-state index in [9.17, 15) is 0 Å². The summed E-state index contributed by atoms with van der Waals surface area (Å²) < 4.78 is 2.17. The zero-order chi connectivity index (χ0) is 9.84. The average Bonchev–Trinajstić information content (AvgIpc) is 2.52. The molecule has 1 aromatic rings. The van der Waals surface area contributed by atoms with Crippen LogP contribution in [0.4, 0.5) is 0 Å². The monoisotopic (exact) mass is 181 g/mol. The minimum absolute atomic E-state index is 0.171. The van der Waals surface area contributed by atoms with Crippen LogP contribution < -0.4 is 5.73 Å². The van der Waals surface area contributed by atoms with Crippen LogP contribution in [-0.4, -0.2) is 15.6 Å². The SMILES string of the molecule is CCCc1nccn1C(C)C(C)N. The lowest BCUT2D eigenvalue weighted by Gasteiger charge is -2.19. The fourth-order valence-electron chi connectivity index (χ4n) is 1.39. The second-order valence-corrected chi connectivity index (χ2v) is 3.60. The molecule has 2 atom stereocenters. The molecular formula is C10H19N3. The number of aromatic nitrogens is 2. The molecule has 0 radical (unpaired) electrons. The van der Waals surface area contributed by atoms with E-state index < -0.39 is 0 Å². The van der Waals surface area contributed by atoms with Crippen molar-refractivity contribution in [3.63, 3.8) is 0 Å². The highest BCUT2D eigenvalue weighted by atomic mass is 15.1. The molecule has 1 aromatic heterocycles. The van der Waals surface area contributed by atoms with Crippen LogP contribution in [0, 0.1) is 0 Å². The largest absolute Gasteiger partial charge is 0.331 e. The molecule has 0 aliphatic carbocycles. The molecule has 0 saturated carbocycles. The van der Waals surface area contributed by atoms with Crippen molar-refractivity contribution in [2.24, 2.45) is 5.73 Å². The quantitative estimate of drug-likeness (QED) is 0.769. The summed E-state index contributed by atoms with van der Waals surface area (Å²) in [6.45, 7) is 6.32. The van der Waals surface area contributed by atoms with E-state index in [-0.39, 0.29) is 6.04 Å². The minimum atomic E-state index is 0.171. The summed E-state index contributed by atoms with van der Waals surface area (Å²) in [4.78, 5) is 4.32. The predicted molar refractivity (Wildman–Crippen MR) is 54.6 cm³/mol. The summed E-state index contributed by atoms with van der Waals surface area (Å²) in [7, 11) is 0. The lowest BCUT2D eigenvalue weighted by molar-refractivity contribution is 0.449. The second kappa shape index (κ2) is 4.42. The molecule has 1 heterocycles. The molecule has 0 aliphatic rings. The first kappa shape index (κ1) is 10.3. The van der Waals surface area contributed by atoms with Crippen molar-refractivity contribution >= 4 is 0 Å². The van der Waals surface area contributed by atoms with Crippen molar-refractivity contribution in [2.75, 3.05) is 0 Å². The van der Waals surface area contributed by atoms with Crippen LogP contribution in [0.15, 0.2) is 12.4 Å². The number of hydrogen-bond donors (Lipinski definition) is 1. The van der Waals surface area contributed by atoms with E-state index in [0.717, 1.165) is 18.7 Å². The smallest absolute Gasteiger partial charge is 0.108 e. The first-order valence-corrected chi connectivity index (χ1v) is 4.94. The van der Waals surface area contributed by atoms with Gasteiger partial charge in [-0.05, 0) is 20.3 Å². The molecule has 3 nitrogen and oxygen atoms in total. The van der Waals surface area contributed by atoms with Crippen LogP contribution in [0.3, 0.4) is 0 Å². The number of nitrogens with zero attached hydrogens (tertiary/aromatic N) is 2. The molecule has 74 valence electrons. The Morgan fingerprint density at radius 1 is 1.54 bits per heavy atom. The Morgan fingerprint density at radius 3 is 2.77 bits per heavy atom. The van der Waals surface area contributed by atoms with Gasteiger partial charge in [0.1, 0.15) is 5.82 Å². The van der Waals surface area contributed by atoms with E-state index in [1.807, 2.05) is 19.3 Å². The van der Waals surface area contributed by atoms with Crippen LogP contribution in [0.2, 0.25) is 0 Å². The van der Waals surface area contributed by atoms with Gasteiger partial charge in [0.15, 0.2) is 0 Å². The summed E-state index contributed by atoms with van der Waals surface area (Å²) >= 11 is 0. The summed E-state index contributed by atoms with van der Waals surface area (Å²) in [5.74, 6) is 1.15. The van der Waals surface area contributed by atoms with Crippen molar-refractivity contribution in [3.05, 3.63) is 18.2 Å². The number of nitrogens with two attached hydrogens (primary N) is 1. The van der Waals surface area contributed by atoms with Gasteiger partial charge >= 0.3 is 0 Å². The van der Waals surface area contributed by atoms with Gasteiger partial charge in [0, 0.05) is 30.9 Å². The van der Waals surface area contributed by atoms with Gasteiger partial charge in [0.2, 0.25) is 0 Å². The third-order valence-electron chi connectivity index (χ3n) is 2.42. The Balaban J connectivity index is 2.80. The van der Waals surface area contributed by atoms with Gasteiger partial charge in [-0.15, -0.1) is 0 Å². The predicted octanol–water partition coefficient (Wildman–Crippen LogP) is 1.74. The van der Waals surface area contributed by atoms with Gasteiger partial charge in [-0.2, -0.15) is 0 Å². The van der Waals surface area contributed by atoms with Crippen molar-refractivity contribution in [1.29, 1.82) is 0 Å². The fourth-order valence-corrected chi connectivity index (χ4v) is 1.39. The zero-order valence-corrected chi connectivity index (χ0v) is 8.70. The van der Waals surface area contributed by atoms with E-state index in [1.165, 1.54) is 0 Å². The van der Waals surface area contributed by atoms with E-state index in [2.05, 4.69) is 23.4 Å². The molecule has 2 unspecified atom stereocenters. The van der Waals surface area contributed by atoms with Crippen molar-refractivity contribution in [3.8, 4) is 0 Å². The fraction of sp³-hybridized carbons (Fsp3) is 0.700. The lowest BCUT2D eigenvalue weighted by atomic mass is 10.2. The van der Waals surface area contributed by atoms with E-state index in [1.54, 1.807) is 0 Å². The van der Waals surface area contributed by atoms with Crippen LogP contribution >= 0.6 is 0 Å². The highest BCUT2D eigenvalue weighted by Gasteiger charge is 2.12. The summed E-state index contributed by atoms with van der Waals surface area (Å²) in [6.07, 6.45) is 6.02. The van der Waals surface area contributed by atoms with Crippen molar-refractivity contribution < 1.29 is 0 Å². The van der Waals surface area contributed by atoms with Crippen LogP contribution in [-0.2, 0) is 6.42 Å². The highest BCUT2D eigenvalue weighted by molar-refractivity contribution is 4.96. The highest BCUT2D eigenvalue weighted by Crippen LogP contribution is 2.12. The van der Waals surface area contributed by atoms with Gasteiger partial charge in [0.25, 0.3) is 0 Å². The molecule has 0 amide bonds. The molecule has 0 fully saturated rings. The average molecular weight is 181 g/mol.